The number of para-hydroxylation sites is 1. The molecule has 8 aromatic rings. The quantitative estimate of drug-likeness (QED) is 0.171. The maximum absolute atomic E-state index is 8.94. The van der Waals surface area contributed by atoms with Crippen LogP contribution in [-0.4, -0.2) is 26.4 Å². The van der Waals surface area contributed by atoms with E-state index < -0.39 is 0 Å². The van der Waals surface area contributed by atoms with Crippen molar-refractivity contribution in [2.45, 2.75) is 38.5 Å². The van der Waals surface area contributed by atoms with Gasteiger partial charge in [-0.2, -0.15) is 5.10 Å². The molecule has 11 rings (SSSR count). The van der Waals surface area contributed by atoms with Crippen LogP contribution in [0.1, 0.15) is 61.1 Å². The Labute approximate surface area is 343 Å². The first-order valence-electron chi connectivity index (χ1n) is 20.1. The van der Waals surface area contributed by atoms with E-state index in [0.29, 0.717) is 28.9 Å². The topological polar surface area (TPSA) is 86.9 Å². The number of allylic oxidation sites excluding steroid dienone is 1. The number of hydrogen-bond donors (Lipinski definition) is 2. The lowest BCUT2D eigenvalue weighted by Crippen LogP contribution is -2.19. The van der Waals surface area contributed by atoms with Crippen molar-refractivity contribution in [3.05, 3.63) is 185 Å². The van der Waals surface area contributed by atoms with Crippen molar-refractivity contribution in [1.29, 1.82) is 5.41 Å². The number of fused-ring (bicyclic) bond motifs is 9. The predicted octanol–water partition coefficient (Wildman–Crippen LogP) is 12.5. The highest BCUT2D eigenvalue weighted by atomic mass is 15.3. The molecule has 0 saturated heterocycles. The largest absolute Gasteiger partial charge is 0.299 e. The lowest BCUT2D eigenvalue weighted by atomic mass is 9.82. The van der Waals surface area contributed by atoms with Gasteiger partial charge in [0, 0.05) is 33.1 Å². The second kappa shape index (κ2) is 12.9. The zero-order chi connectivity index (χ0) is 40.0. The lowest BCUT2D eigenvalue weighted by molar-refractivity contribution is 0.660. The molecule has 59 heavy (non-hydrogen) atoms. The molecule has 0 unspecified atom stereocenters. The summed E-state index contributed by atoms with van der Waals surface area (Å²) in [6.45, 7) is 9.20. The van der Waals surface area contributed by atoms with E-state index in [9.17, 15) is 0 Å². The number of rotatable bonds is 5. The minimum atomic E-state index is -0.171. The van der Waals surface area contributed by atoms with Crippen LogP contribution in [0.5, 0.6) is 0 Å². The first kappa shape index (κ1) is 34.9. The van der Waals surface area contributed by atoms with E-state index in [4.69, 9.17) is 25.5 Å². The third-order valence-electron chi connectivity index (χ3n) is 12.6. The lowest BCUT2D eigenvalue weighted by Gasteiger charge is -2.22. The first-order valence-corrected chi connectivity index (χ1v) is 20.1. The van der Waals surface area contributed by atoms with E-state index in [1.165, 1.54) is 44.5 Å². The highest BCUT2D eigenvalue weighted by Gasteiger charge is 2.37. The fourth-order valence-corrected chi connectivity index (χ4v) is 9.46. The van der Waals surface area contributed by atoms with Gasteiger partial charge in [0.1, 0.15) is 5.71 Å². The van der Waals surface area contributed by atoms with Crippen LogP contribution in [0, 0.1) is 5.41 Å². The van der Waals surface area contributed by atoms with Crippen molar-refractivity contribution >= 4 is 34.0 Å². The predicted molar refractivity (Wildman–Crippen MR) is 242 cm³/mol. The number of benzene rings is 7. The van der Waals surface area contributed by atoms with Crippen LogP contribution in [0.15, 0.2) is 157 Å². The van der Waals surface area contributed by atoms with E-state index >= 15 is 0 Å². The molecule has 7 aromatic carbocycles. The smallest absolute Gasteiger partial charge is 0.164 e. The molecular weight excluding hydrogens is 721 g/mol. The molecule has 6 nitrogen and oxygen atoms in total. The normalized spacial score (nSPS) is 15.7. The Balaban J connectivity index is 1.09. The fourth-order valence-electron chi connectivity index (χ4n) is 9.46. The average Bonchev–Trinajstić information content (AvgIpc) is 3.64. The van der Waals surface area contributed by atoms with Crippen LogP contribution in [0.3, 0.4) is 0 Å². The molecule has 2 N–H and O–H groups in total. The van der Waals surface area contributed by atoms with Gasteiger partial charge in [-0.05, 0) is 97.3 Å². The van der Waals surface area contributed by atoms with Crippen molar-refractivity contribution in [3.63, 3.8) is 0 Å². The molecule has 0 radical (unpaired) electrons. The van der Waals surface area contributed by atoms with E-state index in [2.05, 4.69) is 148 Å². The van der Waals surface area contributed by atoms with Crippen molar-refractivity contribution in [3.8, 4) is 56.4 Å². The zero-order valence-electron chi connectivity index (χ0n) is 33.3. The Bertz CT molecular complexity index is 3030. The van der Waals surface area contributed by atoms with Gasteiger partial charge in [-0.25, -0.2) is 15.0 Å². The van der Waals surface area contributed by atoms with Crippen molar-refractivity contribution < 1.29 is 0 Å². The molecule has 3 aliphatic carbocycles. The van der Waals surface area contributed by atoms with Gasteiger partial charge in [-0.15, -0.1) is 0 Å². The van der Waals surface area contributed by atoms with Crippen LogP contribution in [0.25, 0.3) is 73.3 Å². The highest BCUT2D eigenvalue weighted by molar-refractivity contribution is 6.55. The van der Waals surface area contributed by atoms with Crippen molar-refractivity contribution in [2.75, 3.05) is 5.43 Å². The molecule has 0 bridgehead atoms. The number of nitrogens with one attached hydrogen (secondary N) is 2. The SMILES string of the molecule is CC1(C)c2ccccc2-c2ccc(-c3nc(-c4ccc5c(c4)C(C)(C)c4ccccc4-5)nc(-c4ccc5ccc6c(c5c4)/C(=N/Nc4ccccc4)C(=N)C=C6)n3)cc21. The van der Waals surface area contributed by atoms with E-state index in [-0.39, 0.29) is 10.8 Å². The summed E-state index contributed by atoms with van der Waals surface area (Å²) in [4.78, 5) is 15.8. The third kappa shape index (κ3) is 5.44. The van der Waals surface area contributed by atoms with Gasteiger partial charge in [0.2, 0.25) is 0 Å². The van der Waals surface area contributed by atoms with E-state index in [1.54, 1.807) is 6.08 Å². The summed E-state index contributed by atoms with van der Waals surface area (Å²) in [5.41, 5.74) is 19.5. The van der Waals surface area contributed by atoms with Crippen LogP contribution < -0.4 is 5.43 Å². The third-order valence-corrected chi connectivity index (χ3v) is 12.6. The minimum absolute atomic E-state index is 0.171. The number of aromatic nitrogens is 3. The van der Waals surface area contributed by atoms with E-state index in [1.807, 2.05) is 36.4 Å². The molecule has 0 aliphatic heterocycles. The fraction of sp³-hybridized carbons (Fsp3) is 0.113. The molecule has 0 amide bonds. The molecule has 0 fully saturated rings. The summed E-state index contributed by atoms with van der Waals surface area (Å²) >= 11 is 0. The Kier molecular flexibility index (Phi) is 7.60. The van der Waals surface area contributed by atoms with Gasteiger partial charge in [0.15, 0.2) is 17.5 Å². The Morgan fingerprint density at radius 3 is 1.58 bits per heavy atom. The summed E-state index contributed by atoms with van der Waals surface area (Å²) < 4.78 is 0. The molecule has 6 heteroatoms. The molecule has 0 spiro atoms. The molecular formula is C53H40N6. The second-order valence-corrected chi connectivity index (χ2v) is 16.8. The van der Waals surface area contributed by atoms with E-state index in [0.717, 1.165) is 44.3 Å². The number of anilines is 1. The molecule has 282 valence electrons. The van der Waals surface area contributed by atoms with Gasteiger partial charge >= 0.3 is 0 Å². The first-order chi connectivity index (χ1) is 28.6. The van der Waals surface area contributed by atoms with Gasteiger partial charge in [-0.3, -0.25) is 10.8 Å². The van der Waals surface area contributed by atoms with Crippen LogP contribution in [-0.2, 0) is 10.8 Å². The molecule has 0 saturated carbocycles. The zero-order valence-corrected chi connectivity index (χ0v) is 33.3. The molecule has 3 aliphatic rings. The summed E-state index contributed by atoms with van der Waals surface area (Å²) in [5, 5.41) is 15.7. The van der Waals surface area contributed by atoms with Crippen molar-refractivity contribution in [2.24, 2.45) is 5.10 Å². The Hall–Kier alpha value is -7.31. The maximum Gasteiger partial charge on any atom is 0.164 e. The molecule has 1 heterocycles. The average molecular weight is 761 g/mol. The summed E-state index contributed by atoms with van der Waals surface area (Å²) in [6.07, 6.45) is 3.80. The number of nitrogens with zero attached hydrogens (tertiary/aromatic N) is 4. The van der Waals surface area contributed by atoms with Gasteiger partial charge in [0.05, 0.1) is 11.4 Å². The monoisotopic (exact) mass is 760 g/mol. The second-order valence-electron chi connectivity index (χ2n) is 16.8. The molecule has 0 atom stereocenters. The number of hydrazone groups is 1. The van der Waals surface area contributed by atoms with Crippen LogP contribution in [0.4, 0.5) is 5.69 Å². The summed E-state index contributed by atoms with van der Waals surface area (Å²) in [5.74, 6) is 1.83. The van der Waals surface area contributed by atoms with Gasteiger partial charge < -0.3 is 0 Å². The number of hydrogen-bond acceptors (Lipinski definition) is 6. The Morgan fingerprint density at radius 2 is 0.983 bits per heavy atom. The van der Waals surface area contributed by atoms with Crippen molar-refractivity contribution in [1.82, 2.24) is 15.0 Å². The van der Waals surface area contributed by atoms with Crippen LogP contribution in [0.2, 0.25) is 0 Å². The Morgan fingerprint density at radius 1 is 0.492 bits per heavy atom. The van der Waals surface area contributed by atoms with Gasteiger partial charge in [-0.1, -0.05) is 149 Å². The standard InChI is InChI=1S/C53H40N6/c1-52(2)42-16-10-8-14-37(42)39-25-22-34(29-44(39)52)50-55-49(56-51(57-50)35-23-26-40-38-15-9-11-17-43(38)53(3,4)45(40)30-35)33-21-19-31-18-20-32-24-27-46(54)48(47(32)41(31)28-33)59-58-36-12-6-5-7-13-36/h5-30,54,58H,1-4H3/b54-46?,59-48+. The molecule has 1 aromatic heterocycles. The van der Waals surface area contributed by atoms with Crippen LogP contribution >= 0.6 is 0 Å². The summed E-state index contributed by atoms with van der Waals surface area (Å²) in [7, 11) is 0. The van der Waals surface area contributed by atoms with Gasteiger partial charge in [0.25, 0.3) is 0 Å². The maximum atomic E-state index is 8.94. The highest BCUT2D eigenvalue weighted by Crippen LogP contribution is 2.51. The minimum Gasteiger partial charge on any atom is -0.299 e. The summed E-state index contributed by atoms with van der Waals surface area (Å²) in [6, 6.07) is 51.1.